The summed E-state index contributed by atoms with van der Waals surface area (Å²) in [5, 5.41) is 6.69. The molecule has 0 radical (unpaired) electrons. The van der Waals surface area contributed by atoms with Gasteiger partial charge in [0.15, 0.2) is 0 Å². The molecule has 0 fully saturated rings. The van der Waals surface area contributed by atoms with Gasteiger partial charge in [0.1, 0.15) is 0 Å². The van der Waals surface area contributed by atoms with E-state index in [2.05, 4.69) is 17.6 Å². The van der Waals surface area contributed by atoms with Crippen molar-refractivity contribution in [3.8, 4) is 0 Å². The molecule has 1 amide bonds. The Kier molecular flexibility index (Phi) is 5.23. The molecular formula is C17H19ClN2O. The van der Waals surface area contributed by atoms with Gasteiger partial charge >= 0.3 is 0 Å². The van der Waals surface area contributed by atoms with Gasteiger partial charge in [-0.2, -0.15) is 0 Å². The summed E-state index contributed by atoms with van der Waals surface area (Å²) in [5.41, 5.74) is 3.27. The maximum atomic E-state index is 12.4. The number of amides is 1. The average Bonchev–Trinajstić information content (AvgIpc) is 2.48. The summed E-state index contributed by atoms with van der Waals surface area (Å²) in [6.07, 6.45) is 0.988. The number of carbonyl (C=O) groups excluding carboxylic acids is 1. The highest BCUT2D eigenvalue weighted by Gasteiger charge is 2.12. The van der Waals surface area contributed by atoms with E-state index in [1.807, 2.05) is 37.3 Å². The summed E-state index contributed by atoms with van der Waals surface area (Å²) in [5.74, 6) is -0.167. The molecule has 0 heterocycles. The largest absolute Gasteiger partial charge is 0.384 e. The molecule has 0 aromatic heterocycles. The Balaban J connectivity index is 2.20. The smallest absolute Gasteiger partial charge is 0.257 e. The fourth-order valence-electron chi connectivity index (χ4n) is 1.95. The van der Waals surface area contributed by atoms with Crippen molar-refractivity contribution in [3.05, 3.63) is 58.6 Å². The number of anilines is 2. The molecule has 3 nitrogen and oxygen atoms in total. The van der Waals surface area contributed by atoms with Gasteiger partial charge in [-0.05, 0) is 43.7 Å². The number of carbonyl (C=O) groups is 1. The van der Waals surface area contributed by atoms with Crippen molar-refractivity contribution in [2.24, 2.45) is 0 Å². The quantitative estimate of drug-likeness (QED) is 0.839. The SMILES string of the molecule is CCCNc1ccc(Cl)cc1C(=O)Nc1ccc(C)cc1. The van der Waals surface area contributed by atoms with Crippen LogP contribution < -0.4 is 10.6 Å². The van der Waals surface area contributed by atoms with Crippen molar-refractivity contribution in [3.63, 3.8) is 0 Å². The highest BCUT2D eigenvalue weighted by molar-refractivity contribution is 6.31. The molecule has 4 heteroatoms. The third-order valence-corrected chi connectivity index (χ3v) is 3.34. The first-order valence-corrected chi connectivity index (χ1v) is 7.39. The van der Waals surface area contributed by atoms with Gasteiger partial charge in [-0.1, -0.05) is 36.2 Å². The molecular weight excluding hydrogens is 284 g/mol. The molecule has 2 aromatic carbocycles. The molecule has 2 N–H and O–H groups in total. The third-order valence-electron chi connectivity index (χ3n) is 3.10. The maximum Gasteiger partial charge on any atom is 0.257 e. The van der Waals surface area contributed by atoms with Crippen LogP contribution in [0.25, 0.3) is 0 Å². The summed E-state index contributed by atoms with van der Waals surface area (Å²) < 4.78 is 0. The molecule has 0 saturated heterocycles. The Bertz CT molecular complexity index is 623. The van der Waals surface area contributed by atoms with Gasteiger partial charge < -0.3 is 10.6 Å². The fourth-order valence-corrected chi connectivity index (χ4v) is 2.13. The topological polar surface area (TPSA) is 41.1 Å². The lowest BCUT2D eigenvalue weighted by Crippen LogP contribution is -2.15. The number of rotatable bonds is 5. The molecule has 0 spiro atoms. The molecule has 0 bridgehead atoms. The lowest BCUT2D eigenvalue weighted by atomic mass is 10.1. The van der Waals surface area contributed by atoms with Crippen LogP contribution in [-0.2, 0) is 0 Å². The molecule has 0 unspecified atom stereocenters. The van der Waals surface area contributed by atoms with E-state index >= 15 is 0 Å². The molecule has 21 heavy (non-hydrogen) atoms. The van der Waals surface area contributed by atoms with Gasteiger partial charge in [-0.15, -0.1) is 0 Å². The van der Waals surface area contributed by atoms with E-state index in [-0.39, 0.29) is 5.91 Å². The van der Waals surface area contributed by atoms with Crippen LogP contribution in [0.2, 0.25) is 5.02 Å². The van der Waals surface area contributed by atoms with Crippen LogP contribution >= 0.6 is 11.6 Å². The summed E-state index contributed by atoms with van der Waals surface area (Å²) >= 11 is 6.01. The minimum absolute atomic E-state index is 0.167. The van der Waals surface area contributed by atoms with Gasteiger partial charge in [0, 0.05) is 22.9 Å². The molecule has 0 aliphatic rings. The minimum atomic E-state index is -0.167. The van der Waals surface area contributed by atoms with Crippen molar-refractivity contribution in [1.82, 2.24) is 0 Å². The summed E-state index contributed by atoms with van der Waals surface area (Å²) in [6, 6.07) is 13.0. The monoisotopic (exact) mass is 302 g/mol. The highest BCUT2D eigenvalue weighted by Crippen LogP contribution is 2.22. The van der Waals surface area contributed by atoms with Crippen LogP contribution in [0.4, 0.5) is 11.4 Å². The number of benzene rings is 2. The van der Waals surface area contributed by atoms with E-state index in [0.717, 1.165) is 29.9 Å². The predicted molar refractivity (Wildman–Crippen MR) is 89.4 cm³/mol. The van der Waals surface area contributed by atoms with Crippen LogP contribution in [0, 0.1) is 6.92 Å². The lowest BCUT2D eigenvalue weighted by molar-refractivity contribution is 0.102. The fraction of sp³-hybridized carbons (Fsp3) is 0.235. The Hall–Kier alpha value is -2.00. The van der Waals surface area contributed by atoms with Crippen molar-refractivity contribution in [1.29, 1.82) is 0 Å². The first-order chi connectivity index (χ1) is 10.1. The second kappa shape index (κ2) is 7.14. The number of hydrogen-bond donors (Lipinski definition) is 2. The van der Waals surface area contributed by atoms with E-state index < -0.39 is 0 Å². The molecule has 110 valence electrons. The van der Waals surface area contributed by atoms with Crippen LogP contribution in [0.3, 0.4) is 0 Å². The van der Waals surface area contributed by atoms with E-state index in [4.69, 9.17) is 11.6 Å². The third kappa shape index (κ3) is 4.23. The first-order valence-electron chi connectivity index (χ1n) is 7.01. The normalized spacial score (nSPS) is 10.2. The van der Waals surface area contributed by atoms with Crippen molar-refractivity contribution < 1.29 is 4.79 Å². The van der Waals surface area contributed by atoms with Crippen LogP contribution in [0.1, 0.15) is 29.3 Å². The summed E-state index contributed by atoms with van der Waals surface area (Å²) in [6.45, 7) is 4.90. The minimum Gasteiger partial charge on any atom is -0.384 e. The summed E-state index contributed by atoms with van der Waals surface area (Å²) in [7, 11) is 0. The van der Waals surface area contributed by atoms with Gasteiger partial charge in [-0.25, -0.2) is 0 Å². The number of hydrogen-bond acceptors (Lipinski definition) is 2. The number of aryl methyl sites for hydroxylation is 1. The predicted octanol–water partition coefficient (Wildman–Crippen LogP) is 4.72. The number of nitrogens with one attached hydrogen (secondary N) is 2. The standard InChI is InChI=1S/C17H19ClN2O/c1-3-10-19-16-9-6-13(18)11-15(16)17(21)20-14-7-4-12(2)5-8-14/h4-9,11,19H,3,10H2,1-2H3,(H,20,21). The second-order valence-electron chi connectivity index (χ2n) is 4.94. The summed E-state index contributed by atoms with van der Waals surface area (Å²) in [4.78, 5) is 12.4. The Morgan fingerprint density at radius 2 is 1.86 bits per heavy atom. The van der Waals surface area contributed by atoms with Gasteiger partial charge in [0.2, 0.25) is 0 Å². The van der Waals surface area contributed by atoms with Crippen LogP contribution in [0.5, 0.6) is 0 Å². The van der Waals surface area contributed by atoms with Crippen molar-refractivity contribution in [2.45, 2.75) is 20.3 Å². The zero-order chi connectivity index (χ0) is 15.2. The average molecular weight is 303 g/mol. The van der Waals surface area contributed by atoms with Gasteiger partial charge in [0.05, 0.1) is 5.56 Å². The van der Waals surface area contributed by atoms with Gasteiger partial charge in [-0.3, -0.25) is 4.79 Å². The zero-order valence-corrected chi connectivity index (χ0v) is 13.0. The molecule has 0 aliphatic carbocycles. The molecule has 2 rings (SSSR count). The first kappa shape index (κ1) is 15.4. The highest BCUT2D eigenvalue weighted by atomic mass is 35.5. The molecule has 0 atom stereocenters. The van der Waals surface area contributed by atoms with Crippen LogP contribution in [-0.4, -0.2) is 12.5 Å². The number of halogens is 1. The van der Waals surface area contributed by atoms with E-state index in [1.54, 1.807) is 12.1 Å². The Labute approximate surface area is 130 Å². The molecule has 0 saturated carbocycles. The zero-order valence-electron chi connectivity index (χ0n) is 12.2. The van der Waals surface area contributed by atoms with Gasteiger partial charge in [0.25, 0.3) is 5.91 Å². The lowest BCUT2D eigenvalue weighted by Gasteiger charge is -2.12. The van der Waals surface area contributed by atoms with Crippen molar-refractivity contribution in [2.75, 3.05) is 17.2 Å². The second-order valence-corrected chi connectivity index (χ2v) is 5.37. The van der Waals surface area contributed by atoms with E-state index in [9.17, 15) is 4.79 Å². The van der Waals surface area contributed by atoms with E-state index in [1.165, 1.54) is 0 Å². The maximum absolute atomic E-state index is 12.4. The Morgan fingerprint density at radius 3 is 2.52 bits per heavy atom. The van der Waals surface area contributed by atoms with Crippen molar-refractivity contribution >= 4 is 28.9 Å². The van der Waals surface area contributed by atoms with E-state index in [0.29, 0.717) is 10.6 Å². The molecule has 0 aliphatic heterocycles. The Morgan fingerprint density at radius 1 is 1.14 bits per heavy atom. The van der Waals surface area contributed by atoms with Crippen LogP contribution in [0.15, 0.2) is 42.5 Å². The molecule has 2 aromatic rings.